The van der Waals surface area contributed by atoms with Crippen LogP contribution < -0.4 is 10.9 Å². The van der Waals surface area contributed by atoms with Gasteiger partial charge in [0.2, 0.25) is 6.41 Å². The molecule has 0 spiro atoms. The zero-order valence-corrected chi connectivity index (χ0v) is 13.3. The lowest BCUT2D eigenvalue weighted by Crippen LogP contribution is -2.30. The third kappa shape index (κ3) is 2.67. The minimum atomic E-state index is -0.481. The predicted molar refractivity (Wildman–Crippen MR) is 89.6 cm³/mol. The van der Waals surface area contributed by atoms with Gasteiger partial charge in [0.25, 0.3) is 5.56 Å². The Morgan fingerprint density at radius 1 is 1.21 bits per heavy atom. The van der Waals surface area contributed by atoms with E-state index in [9.17, 15) is 14.0 Å². The third-order valence-corrected chi connectivity index (χ3v) is 3.92. The molecule has 1 atom stereocenters. The van der Waals surface area contributed by atoms with Crippen LogP contribution in [-0.4, -0.2) is 16.0 Å². The molecule has 3 rings (SSSR count). The first kappa shape index (κ1) is 15.9. The summed E-state index contributed by atoms with van der Waals surface area (Å²) < 4.78 is 14.7. The van der Waals surface area contributed by atoms with Crippen LogP contribution in [0.4, 0.5) is 4.39 Å². The van der Waals surface area contributed by atoms with Crippen LogP contribution in [0.1, 0.15) is 24.4 Å². The topological polar surface area (TPSA) is 64.0 Å². The highest BCUT2D eigenvalue weighted by Gasteiger charge is 2.18. The van der Waals surface area contributed by atoms with Crippen LogP contribution in [0.5, 0.6) is 0 Å². The van der Waals surface area contributed by atoms with Gasteiger partial charge in [0.05, 0.1) is 22.6 Å². The van der Waals surface area contributed by atoms with E-state index in [1.807, 2.05) is 19.1 Å². The van der Waals surface area contributed by atoms with Gasteiger partial charge < -0.3 is 5.32 Å². The van der Waals surface area contributed by atoms with Crippen molar-refractivity contribution < 1.29 is 9.18 Å². The molecular formula is C18H16FN3O2. The van der Waals surface area contributed by atoms with Crippen molar-refractivity contribution in [2.75, 3.05) is 0 Å². The van der Waals surface area contributed by atoms with Crippen molar-refractivity contribution in [1.82, 2.24) is 14.9 Å². The van der Waals surface area contributed by atoms with Gasteiger partial charge in [0, 0.05) is 0 Å². The fraction of sp³-hybridized carbons (Fsp3) is 0.167. The average molecular weight is 325 g/mol. The first-order chi connectivity index (χ1) is 11.5. The van der Waals surface area contributed by atoms with Crippen LogP contribution in [0.15, 0.2) is 47.3 Å². The molecule has 3 aromatic rings. The van der Waals surface area contributed by atoms with E-state index >= 15 is 0 Å². The molecule has 1 amide bonds. The largest absolute Gasteiger partial charge is 0.349 e. The van der Waals surface area contributed by atoms with E-state index in [1.54, 1.807) is 13.0 Å². The number of benzene rings is 2. The normalized spacial score (nSPS) is 12.1. The number of amides is 1. The Labute approximate surface area is 137 Å². The fourth-order valence-corrected chi connectivity index (χ4v) is 2.72. The standard InChI is InChI=1S/C18H16FN3O2/c1-11-4-3-5-15-16(11)18(24)22(14-8-6-13(19)7-9-14)17(21-15)12(2)20-10-23/h3-10,12H,1-2H3,(H,20,23). The number of carbonyl (C=O) groups excluding carboxylic acids is 1. The molecule has 0 saturated heterocycles. The number of aromatic nitrogens is 2. The van der Waals surface area contributed by atoms with Gasteiger partial charge in [-0.05, 0) is 49.7 Å². The molecule has 5 nitrogen and oxygen atoms in total. The number of rotatable bonds is 4. The molecule has 0 saturated carbocycles. The third-order valence-electron chi connectivity index (χ3n) is 3.92. The molecule has 0 aliphatic heterocycles. The molecule has 0 bridgehead atoms. The maximum atomic E-state index is 13.2. The summed E-state index contributed by atoms with van der Waals surface area (Å²) in [7, 11) is 0. The minimum Gasteiger partial charge on any atom is -0.349 e. The van der Waals surface area contributed by atoms with E-state index in [4.69, 9.17) is 0 Å². The summed E-state index contributed by atoms with van der Waals surface area (Å²) in [5.74, 6) is -0.00542. The van der Waals surface area contributed by atoms with Gasteiger partial charge >= 0.3 is 0 Å². The van der Waals surface area contributed by atoms with Crippen molar-refractivity contribution in [2.24, 2.45) is 0 Å². The van der Waals surface area contributed by atoms with Gasteiger partial charge in [0.15, 0.2) is 0 Å². The van der Waals surface area contributed by atoms with Gasteiger partial charge in [-0.25, -0.2) is 9.37 Å². The number of fused-ring (bicyclic) bond motifs is 1. The smallest absolute Gasteiger partial charge is 0.266 e. The number of nitrogens with zero attached hydrogens (tertiary/aromatic N) is 2. The van der Waals surface area contributed by atoms with Crippen molar-refractivity contribution >= 4 is 17.3 Å². The van der Waals surface area contributed by atoms with Gasteiger partial charge in [-0.1, -0.05) is 12.1 Å². The van der Waals surface area contributed by atoms with E-state index in [1.165, 1.54) is 28.8 Å². The number of hydrogen-bond donors (Lipinski definition) is 1. The molecule has 122 valence electrons. The lowest BCUT2D eigenvalue weighted by molar-refractivity contribution is -0.110. The highest BCUT2D eigenvalue weighted by atomic mass is 19.1. The Kier molecular flexibility index (Phi) is 4.12. The first-order valence-electron chi connectivity index (χ1n) is 7.51. The van der Waals surface area contributed by atoms with Crippen molar-refractivity contribution in [3.8, 4) is 5.69 Å². The van der Waals surface area contributed by atoms with Gasteiger partial charge in [0.1, 0.15) is 11.6 Å². The SMILES string of the molecule is Cc1cccc2nc(C(C)NC=O)n(-c3ccc(F)cc3)c(=O)c12. The van der Waals surface area contributed by atoms with Crippen LogP contribution in [0.3, 0.4) is 0 Å². The van der Waals surface area contributed by atoms with Gasteiger partial charge in [-0.3, -0.25) is 14.2 Å². The monoisotopic (exact) mass is 325 g/mol. The average Bonchev–Trinajstić information content (AvgIpc) is 2.56. The second-order valence-electron chi connectivity index (χ2n) is 5.56. The minimum absolute atomic E-state index is 0.251. The van der Waals surface area contributed by atoms with Crippen molar-refractivity contribution in [3.05, 3.63) is 70.0 Å². The van der Waals surface area contributed by atoms with Crippen LogP contribution in [-0.2, 0) is 4.79 Å². The van der Waals surface area contributed by atoms with E-state index in [2.05, 4.69) is 10.3 Å². The van der Waals surface area contributed by atoms with E-state index in [0.717, 1.165) is 5.56 Å². The number of carbonyl (C=O) groups is 1. The highest BCUT2D eigenvalue weighted by molar-refractivity contribution is 5.81. The molecule has 1 heterocycles. The molecule has 0 aliphatic carbocycles. The second-order valence-corrected chi connectivity index (χ2v) is 5.56. The van der Waals surface area contributed by atoms with Crippen molar-refractivity contribution in [1.29, 1.82) is 0 Å². The van der Waals surface area contributed by atoms with Crippen molar-refractivity contribution in [2.45, 2.75) is 19.9 Å². The summed E-state index contributed by atoms with van der Waals surface area (Å²) in [6, 6.07) is 10.5. The maximum Gasteiger partial charge on any atom is 0.266 e. The summed E-state index contributed by atoms with van der Waals surface area (Å²) in [6.07, 6.45) is 0.562. The Morgan fingerprint density at radius 3 is 2.58 bits per heavy atom. The van der Waals surface area contributed by atoms with Gasteiger partial charge in [-0.2, -0.15) is 0 Å². The zero-order chi connectivity index (χ0) is 17.3. The van der Waals surface area contributed by atoms with Gasteiger partial charge in [-0.15, -0.1) is 0 Å². The molecule has 24 heavy (non-hydrogen) atoms. The van der Waals surface area contributed by atoms with Crippen LogP contribution >= 0.6 is 0 Å². The molecule has 1 unspecified atom stereocenters. The van der Waals surface area contributed by atoms with Crippen LogP contribution in [0.25, 0.3) is 16.6 Å². The van der Waals surface area contributed by atoms with Crippen molar-refractivity contribution in [3.63, 3.8) is 0 Å². The molecule has 2 aromatic carbocycles. The molecule has 1 N–H and O–H groups in total. The van der Waals surface area contributed by atoms with E-state index in [-0.39, 0.29) is 5.56 Å². The van der Waals surface area contributed by atoms with E-state index < -0.39 is 11.9 Å². The Balaban J connectivity index is 2.39. The number of nitrogens with one attached hydrogen (secondary N) is 1. The fourth-order valence-electron chi connectivity index (χ4n) is 2.72. The van der Waals surface area contributed by atoms with Crippen LogP contribution in [0.2, 0.25) is 0 Å². The summed E-state index contributed by atoms with van der Waals surface area (Å²) in [5.41, 5.74) is 1.61. The summed E-state index contributed by atoms with van der Waals surface area (Å²) in [6.45, 7) is 3.57. The summed E-state index contributed by atoms with van der Waals surface area (Å²) in [4.78, 5) is 28.4. The van der Waals surface area contributed by atoms with Crippen LogP contribution in [0, 0.1) is 12.7 Å². The zero-order valence-electron chi connectivity index (χ0n) is 13.3. The number of hydrogen-bond acceptors (Lipinski definition) is 3. The Bertz CT molecular complexity index is 964. The Morgan fingerprint density at radius 2 is 1.92 bits per heavy atom. The molecule has 1 aromatic heterocycles. The predicted octanol–water partition coefficient (Wildman–Crippen LogP) is 2.64. The molecular weight excluding hydrogens is 309 g/mol. The first-order valence-corrected chi connectivity index (χ1v) is 7.51. The number of halogens is 1. The highest BCUT2D eigenvalue weighted by Crippen LogP contribution is 2.19. The van der Waals surface area contributed by atoms with E-state index in [0.29, 0.717) is 28.8 Å². The molecule has 6 heteroatoms. The number of aryl methyl sites for hydroxylation is 1. The lowest BCUT2D eigenvalue weighted by Gasteiger charge is -2.18. The molecule has 0 radical (unpaired) electrons. The molecule has 0 aliphatic rings. The molecule has 0 fully saturated rings. The quantitative estimate of drug-likeness (QED) is 0.750. The maximum absolute atomic E-state index is 13.2. The summed E-state index contributed by atoms with van der Waals surface area (Å²) >= 11 is 0. The Hall–Kier alpha value is -3.02. The lowest BCUT2D eigenvalue weighted by atomic mass is 10.1. The summed E-state index contributed by atoms with van der Waals surface area (Å²) in [5, 5.41) is 3.12. The second kappa shape index (κ2) is 6.23.